The molecule has 0 saturated carbocycles. The SMILES string of the molecule is CNC(c1cccc(C)c1)c1cc(C)c(C)cc1C. The first kappa shape index (κ1) is 13.8. The second-order valence-corrected chi connectivity index (χ2v) is 5.43. The predicted octanol–water partition coefficient (Wildman–Crippen LogP) is 4.23. The first-order valence-corrected chi connectivity index (χ1v) is 6.84. The lowest BCUT2D eigenvalue weighted by Crippen LogP contribution is -2.19. The molecule has 1 heteroatoms. The van der Waals surface area contributed by atoms with Crippen LogP contribution < -0.4 is 5.32 Å². The van der Waals surface area contributed by atoms with Gasteiger partial charge in [-0.05, 0) is 62.6 Å². The Balaban J connectivity index is 2.51. The zero-order chi connectivity index (χ0) is 14.0. The van der Waals surface area contributed by atoms with Crippen LogP contribution in [0, 0.1) is 27.7 Å². The third kappa shape index (κ3) is 2.87. The molecule has 1 unspecified atom stereocenters. The molecular formula is C18H23N. The molecule has 2 aromatic carbocycles. The Hall–Kier alpha value is -1.60. The molecule has 0 aliphatic heterocycles. The van der Waals surface area contributed by atoms with Crippen LogP contribution in [0.1, 0.15) is 39.4 Å². The molecule has 1 atom stereocenters. The van der Waals surface area contributed by atoms with E-state index in [9.17, 15) is 0 Å². The topological polar surface area (TPSA) is 12.0 Å². The van der Waals surface area contributed by atoms with E-state index in [1.54, 1.807) is 0 Å². The van der Waals surface area contributed by atoms with Gasteiger partial charge in [0.25, 0.3) is 0 Å². The monoisotopic (exact) mass is 253 g/mol. The van der Waals surface area contributed by atoms with Gasteiger partial charge < -0.3 is 5.32 Å². The molecule has 0 saturated heterocycles. The van der Waals surface area contributed by atoms with Crippen molar-refractivity contribution in [3.63, 3.8) is 0 Å². The Kier molecular flexibility index (Phi) is 4.06. The van der Waals surface area contributed by atoms with Crippen molar-refractivity contribution in [2.45, 2.75) is 33.7 Å². The van der Waals surface area contributed by atoms with Gasteiger partial charge in [-0.15, -0.1) is 0 Å². The Morgan fingerprint density at radius 3 is 2.16 bits per heavy atom. The van der Waals surface area contributed by atoms with E-state index >= 15 is 0 Å². The lowest BCUT2D eigenvalue weighted by Gasteiger charge is -2.21. The van der Waals surface area contributed by atoms with Crippen LogP contribution in [-0.4, -0.2) is 7.05 Å². The third-order valence-corrected chi connectivity index (χ3v) is 3.86. The van der Waals surface area contributed by atoms with Crippen LogP contribution in [0.4, 0.5) is 0 Å². The van der Waals surface area contributed by atoms with Crippen molar-refractivity contribution in [3.8, 4) is 0 Å². The van der Waals surface area contributed by atoms with Crippen molar-refractivity contribution >= 4 is 0 Å². The van der Waals surface area contributed by atoms with Crippen LogP contribution in [-0.2, 0) is 0 Å². The highest BCUT2D eigenvalue weighted by Crippen LogP contribution is 2.27. The first-order chi connectivity index (χ1) is 9.02. The second kappa shape index (κ2) is 5.58. The fourth-order valence-electron chi connectivity index (χ4n) is 2.65. The van der Waals surface area contributed by atoms with Gasteiger partial charge in [-0.3, -0.25) is 0 Å². The van der Waals surface area contributed by atoms with Crippen molar-refractivity contribution in [3.05, 3.63) is 69.8 Å². The maximum atomic E-state index is 3.45. The van der Waals surface area contributed by atoms with Gasteiger partial charge in [-0.1, -0.05) is 42.0 Å². The van der Waals surface area contributed by atoms with Crippen LogP contribution in [0.25, 0.3) is 0 Å². The molecule has 0 fully saturated rings. The standard InChI is InChI=1S/C18H23N/c1-12-7-6-8-16(9-12)18(19-5)17-11-14(3)13(2)10-15(17)4/h6-11,18-19H,1-5H3. The molecular weight excluding hydrogens is 230 g/mol. The van der Waals surface area contributed by atoms with Crippen molar-refractivity contribution in [2.75, 3.05) is 7.05 Å². The fraction of sp³-hybridized carbons (Fsp3) is 0.333. The Bertz CT molecular complexity index is 584. The Labute approximate surface area is 116 Å². The van der Waals surface area contributed by atoms with Crippen LogP contribution in [0.3, 0.4) is 0 Å². The van der Waals surface area contributed by atoms with E-state index in [4.69, 9.17) is 0 Å². The molecule has 19 heavy (non-hydrogen) atoms. The molecule has 1 N–H and O–H groups in total. The number of benzene rings is 2. The van der Waals surface area contributed by atoms with E-state index < -0.39 is 0 Å². The van der Waals surface area contributed by atoms with Gasteiger partial charge in [0.05, 0.1) is 6.04 Å². The normalized spacial score (nSPS) is 12.5. The molecule has 2 rings (SSSR count). The number of nitrogens with one attached hydrogen (secondary N) is 1. The van der Waals surface area contributed by atoms with Crippen molar-refractivity contribution < 1.29 is 0 Å². The minimum atomic E-state index is 0.263. The number of hydrogen-bond donors (Lipinski definition) is 1. The molecule has 0 radical (unpaired) electrons. The summed E-state index contributed by atoms with van der Waals surface area (Å²) in [4.78, 5) is 0. The van der Waals surface area contributed by atoms with E-state index in [2.05, 4.69) is 69.4 Å². The molecule has 0 heterocycles. The van der Waals surface area contributed by atoms with Crippen LogP contribution in [0.2, 0.25) is 0 Å². The summed E-state index contributed by atoms with van der Waals surface area (Å²) >= 11 is 0. The van der Waals surface area contributed by atoms with E-state index in [1.807, 2.05) is 7.05 Å². The molecule has 0 aromatic heterocycles. The highest BCUT2D eigenvalue weighted by Gasteiger charge is 2.15. The molecule has 100 valence electrons. The molecule has 2 aromatic rings. The summed E-state index contributed by atoms with van der Waals surface area (Å²) in [7, 11) is 2.03. The average Bonchev–Trinajstić information content (AvgIpc) is 2.36. The smallest absolute Gasteiger partial charge is 0.0577 e. The summed E-state index contributed by atoms with van der Waals surface area (Å²) in [5.74, 6) is 0. The summed E-state index contributed by atoms with van der Waals surface area (Å²) in [6.45, 7) is 8.69. The van der Waals surface area contributed by atoms with E-state index in [1.165, 1.54) is 33.4 Å². The molecule has 0 spiro atoms. The van der Waals surface area contributed by atoms with Gasteiger partial charge in [0.1, 0.15) is 0 Å². The molecule has 0 amide bonds. The van der Waals surface area contributed by atoms with Gasteiger partial charge in [0, 0.05) is 0 Å². The molecule has 0 bridgehead atoms. The summed E-state index contributed by atoms with van der Waals surface area (Å²) < 4.78 is 0. The van der Waals surface area contributed by atoms with E-state index in [0.29, 0.717) is 0 Å². The maximum Gasteiger partial charge on any atom is 0.0577 e. The average molecular weight is 253 g/mol. The van der Waals surface area contributed by atoms with E-state index in [0.717, 1.165) is 0 Å². The lowest BCUT2D eigenvalue weighted by atomic mass is 9.91. The van der Waals surface area contributed by atoms with Gasteiger partial charge in [0.15, 0.2) is 0 Å². The number of rotatable bonds is 3. The predicted molar refractivity (Wildman–Crippen MR) is 82.7 cm³/mol. The molecule has 0 aliphatic carbocycles. The number of aryl methyl sites for hydroxylation is 4. The van der Waals surface area contributed by atoms with E-state index in [-0.39, 0.29) is 6.04 Å². The maximum absolute atomic E-state index is 3.45. The highest BCUT2D eigenvalue weighted by molar-refractivity contribution is 5.43. The van der Waals surface area contributed by atoms with Gasteiger partial charge >= 0.3 is 0 Å². The first-order valence-electron chi connectivity index (χ1n) is 6.84. The minimum Gasteiger partial charge on any atom is -0.309 e. The minimum absolute atomic E-state index is 0.263. The zero-order valence-corrected chi connectivity index (χ0v) is 12.5. The largest absolute Gasteiger partial charge is 0.309 e. The summed E-state index contributed by atoms with van der Waals surface area (Å²) in [5, 5.41) is 3.45. The molecule has 1 nitrogen and oxygen atoms in total. The zero-order valence-electron chi connectivity index (χ0n) is 12.5. The summed E-state index contributed by atoms with van der Waals surface area (Å²) in [6, 6.07) is 13.6. The fourth-order valence-corrected chi connectivity index (χ4v) is 2.65. The van der Waals surface area contributed by atoms with Gasteiger partial charge in [-0.2, -0.15) is 0 Å². The highest BCUT2D eigenvalue weighted by atomic mass is 14.9. The third-order valence-electron chi connectivity index (χ3n) is 3.86. The Morgan fingerprint density at radius 1 is 0.842 bits per heavy atom. The quantitative estimate of drug-likeness (QED) is 0.863. The van der Waals surface area contributed by atoms with Crippen LogP contribution in [0.5, 0.6) is 0 Å². The van der Waals surface area contributed by atoms with Gasteiger partial charge in [-0.25, -0.2) is 0 Å². The number of hydrogen-bond acceptors (Lipinski definition) is 1. The van der Waals surface area contributed by atoms with Crippen molar-refractivity contribution in [1.29, 1.82) is 0 Å². The van der Waals surface area contributed by atoms with Crippen molar-refractivity contribution in [2.24, 2.45) is 0 Å². The summed E-state index contributed by atoms with van der Waals surface area (Å²) in [5.41, 5.74) is 8.07. The lowest BCUT2D eigenvalue weighted by molar-refractivity contribution is 0.686. The molecule has 0 aliphatic rings. The van der Waals surface area contributed by atoms with Gasteiger partial charge in [0.2, 0.25) is 0 Å². The van der Waals surface area contributed by atoms with Crippen molar-refractivity contribution in [1.82, 2.24) is 5.32 Å². The second-order valence-electron chi connectivity index (χ2n) is 5.43. The summed E-state index contributed by atoms with van der Waals surface area (Å²) in [6.07, 6.45) is 0. The Morgan fingerprint density at radius 2 is 1.53 bits per heavy atom. The van der Waals surface area contributed by atoms with Crippen LogP contribution in [0.15, 0.2) is 36.4 Å². The van der Waals surface area contributed by atoms with Crippen LogP contribution >= 0.6 is 0 Å².